The Morgan fingerprint density at radius 1 is 1.15 bits per heavy atom. The van der Waals surface area contributed by atoms with Gasteiger partial charge in [0.2, 0.25) is 0 Å². The average Bonchev–Trinajstić information content (AvgIpc) is 2.68. The first-order valence-corrected chi connectivity index (χ1v) is 9.47. The van der Waals surface area contributed by atoms with Crippen molar-refractivity contribution in [2.24, 2.45) is 4.99 Å². The molecule has 27 heavy (non-hydrogen) atoms. The molecule has 3 unspecified atom stereocenters. The molecule has 4 rings (SSSR count). The van der Waals surface area contributed by atoms with Crippen molar-refractivity contribution in [3.8, 4) is 11.5 Å². The summed E-state index contributed by atoms with van der Waals surface area (Å²) in [7, 11) is 1.62. The number of nitrogens with zero attached hydrogens (tertiary/aromatic N) is 1. The third-order valence-corrected chi connectivity index (χ3v) is 5.49. The van der Waals surface area contributed by atoms with Crippen molar-refractivity contribution in [1.82, 2.24) is 0 Å². The van der Waals surface area contributed by atoms with Gasteiger partial charge in [-0.1, -0.05) is 0 Å². The lowest BCUT2D eigenvalue weighted by atomic mass is 9.74. The number of rotatable bonds is 4. The molecule has 0 aromatic heterocycles. The fraction of sp³-hybridized carbons (Fsp3) is 0.409. The number of halogens is 1. The number of aliphatic hydroxyl groups is 1. The molecule has 2 aromatic rings. The zero-order valence-corrected chi connectivity index (χ0v) is 15.6. The van der Waals surface area contributed by atoms with Gasteiger partial charge in [0.1, 0.15) is 5.82 Å². The van der Waals surface area contributed by atoms with Crippen LogP contribution in [0.4, 0.5) is 4.39 Å². The second-order valence-corrected chi connectivity index (χ2v) is 7.15. The van der Waals surface area contributed by atoms with E-state index in [1.165, 1.54) is 12.1 Å². The highest BCUT2D eigenvalue weighted by atomic mass is 19.1. The maximum absolute atomic E-state index is 13.4. The van der Waals surface area contributed by atoms with Gasteiger partial charge in [0.05, 0.1) is 31.6 Å². The van der Waals surface area contributed by atoms with Crippen LogP contribution >= 0.6 is 0 Å². The van der Waals surface area contributed by atoms with Crippen LogP contribution in [0, 0.1) is 5.82 Å². The van der Waals surface area contributed by atoms with E-state index in [1.807, 2.05) is 19.1 Å². The molecule has 4 nitrogen and oxygen atoms in total. The van der Waals surface area contributed by atoms with Crippen LogP contribution < -0.4 is 9.47 Å². The minimum Gasteiger partial charge on any atom is -0.493 e. The minimum atomic E-state index is -0.306. The molecule has 2 aliphatic rings. The van der Waals surface area contributed by atoms with E-state index < -0.39 is 0 Å². The zero-order chi connectivity index (χ0) is 19.0. The van der Waals surface area contributed by atoms with Crippen LogP contribution in [0.5, 0.6) is 11.5 Å². The monoisotopic (exact) mass is 369 g/mol. The van der Waals surface area contributed by atoms with Crippen molar-refractivity contribution in [1.29, 1.82) is 0 Å². The van der Waals surface area contributed by atoms with Crippen molar-refractivity contribution < 1.29 is 19.0 Å². The molecule has 1 N–H and O–H groups in total. The molecule has 1 heterocycles. The molecule has 0 amide bonds. The molecule has 1 saturated carbocycles. The van der Waals surface area contributed by atoms with Crippen molar-refractivity contribution in [2.75, 3.05) is 13.7 Å². The van der Waals surface area contributed by atoms with E-state index in [-0.39, 0.29) is 23.9 Å². The number of aliphatic hydroxyl groups excluding tert-OH is 1. The SMILES string of the molecule is CCOc1cc2c(cc1OC)C(c1ccc(F)cc1)=NC1CCC(O)CC21. The predicted octanol–water partition coefficient (Wildman–Crippen LogP) is 4.08. The molecule has 5 heteroatoms. The van der Waals surface area contributed by atoms with Crippen LogP contribution in [-0.4, -0.2) is 36.7 Å². The van der Waals surface area contributed by atoms with Gasteiger partial charge in [-0.15, -0.1) is 0 Å². The molecule has 142 valence electrons. The number of benzene rings is 2. The summed E-state index contributed by atoms with van der Waals surface area (Å²) >= 11 is 0. The Labute approximate surface area is 158 Å². The van der Waals surface area contributed by atoms with Crippen molar-refractivity contribution in [2.45, 2.75) is 44.2 Å². The summed E-state index contributed by atoms with van der Waals surface area (Å²) < 4.78 is 24.7. The number of hydrogen-bond acceptors (Lipinski definition) is 4. The highest BCUT2D eigenvalue weighted by Gasteiger charge is 2.37. The second kappa shape index (κ2) is 7.31. The third-order valence-electron chi connectivity index (χ3n) is 5.49. The minimum absolute atomic E-state index is 0.115. The molecule has 2 aromatic carbocycles. The van der Waals surface area contributed by atoms with Crippen LogP contribution in [0.3, 0.4) is 0 Å². The normalized spacial score (nSPS) is 23.9. The first-order valence-electron chi connectivity index (χ1n) is 9.47. The molecular formula is C22H24FNO3. The Balaban J connectivity index is 1.88. The van der Waals surface area contributed by atoms with Gasteiger partial charge in [-0.25, -0.2) is 4.39 Å². The largest absolute Gasteiger partial charge is 0.493 e. The zero-order valence-electron chi connectivity index (χ0n) is 15.6. The first kappa shape index (κ1) is 18.0. The summed E-state index contributed by atoms with van der Waals surface area (Å²) in [5.74, 6) is 1.24. The molecule has 3 atom stereocenters. The molecule has 0 bridgehead atoms. The summed E-state index contributed by atoms with van der Waals surface area (Å²) in [6.07, 6.45) is 1.98. The lowest BCUT2D eigenvalue weighted by Gasteiger charge is -2.37. The standard InChI is InChI=1S/C22H24FNO3/c1-3-27-21-11-16-17-10-15(25)8-9-19(17)24-22(18(16)12-20(21)26-2)13-4-6-14(23)7-5-13/h4-7,11-12,15,17,19,25H,3,8-10H2,1-2H3. The van der Waals surface area contributed by atoms with E-state index in [0.29, 0.717) is 24.5 Å². The number of fused-ring (bicyclic) bond motifs is 3. The number of ether oxygens (including phenoxy) is 2. The van der Waals surface area contributed by atoms with Crippen LogP contribution in [0.1, 0.15) is 48.8 Å². The van der Waals surface area contributed by atoms with E-state index >= 15 is 0 Å². The van der Waals surface area contributed by atoms with Crippen LogP contribution in [0.25, 0.3) is 0 Å². The van der Waals surface area contributed by atoms with Gasteiger partial charge in [-0.05, 0) is 68.1 Å². The van der Waals surface area contributed by atoms with Gasteiger partial charge in [0.25, 0.3) is 0 Å². The Morgan fingerprint density at radius 3 is 2.63 bits per heavy atom. The molecule has 0 spiro atoms. The molecular weight excluding hydrogens is 345 g/mol. The highest BCUT2D eigenvalue weighted by Crippen LogP contribution is 2.44. The van der Waals surface area contributed by atoms with Gasteiger partial charge in [-0.2, -0.15) is 0 Å². The van der Waals surface area contributed by atoms with E-state index in [1.54, 1.807) is 19.2 Å². The third kappa shape index (κ3) is 3.32. The molecule has 1 fully saturated rings. The quantitative estimate of drug-likeness (QED) is 0.883. The number of aliphatic imine (C=N–C) groups is 1. The Hall–Kier alpha value is -2.40. The van der Waals surface area contributed by atoms with Gasteiger partial charge in [0.15, 0.2) is 11.5 Å². The van der Waals surface area contributed by atoms with E-state index in [9.17, 15) is 9.50 Å². The summed E-state index contributed by atoms with van der Waals surface area (Å²) in [6.45, 7) is 2.49. The Morgan fingerprint density at radius 2 is 1.93 bits per heavy atom. The number of hydrogen-bond donors (Lipinski definition) is 1. The van der Waals surface area contributed by atoms with Gasteiger partial charge in [0, 0.05) is 17.0 Å². The summed E-state index contributed by atoms with van der Waals surface area (Å²) in [4.78, 5) is 5.02. The van der Waals surface area contributed by atoms with Crippen molar-refractivity contribution >= 4 is 5.71 Å². The highest BCUT2D eigenvalue weighted by molar-refractivity contribution is 6.15. The van der Waals surface area contributed by atoms with E-state index in [0.717, 1.165) is 35.2 Å². The first-order chi connectivity index (χ1) is 13.1. The molecule has 1 aliphatic heterocycles. The molecule has 0 saturated heterocycles. The van der Waals surface area contributed by atoms with Gasteiger partial charge in [-0.3, -0.25) is 4.99 Å². The van der Waals surface area contributed by atoms with Crippen molar-refractivity contribution in [3.05, 3.63) is 58.9 Å². The van der Waals surface area contributed by atoms with Crippen LogP contribution in [0.15, 0.2) is 41.4 Å². The maximum Gasteiger partial charge on any atom is 0.161 e. The maximum atomic E-state index is 13.4. The molecule has 1 aliphatic carbocycles. The molecule has 0 radical (unpaired) electrons. The fourth-order valence-electron chi connectivity index (χ4n) is 4.21. The van der Waals surface area contributed by atoms with E-state index in [4.69, 9.17) is 14.5 Å². The summed E-state index contributed by atoms with van der Waals surface area (Å²) in [6, 6.07) is 10.5. The smallest absolute Gasteiger partial charge is 0.161 e. The Kier molecular flexibility index (Phi) is 4.87. The lowest BCUT2D eigenvalue weighted by molar-refractivity contribution is 0.111. The topological polar surface area (TPSA) is 51.0 Å². The van der Waals surface area contributed by atoms with Crippen LogP contribution in [0.2, 0.25) is 0 Å². The van der Waals surface area contributed by atoms with Crippen molar-refractivity contribution in [3.63, 3.8) is 0 Å². The summed E-state index contributed by atoms with van der Waals surface area (Å²) in [5, 5.41) is 10.2. The average molecular weight is 369 g/mol. The van der Waals surface area contributed by atoms with Gasteiger partial charge >= 0.3 is 0 Å². The predicted molar refractivity (Wildman–Crippen MR) is 103 cm³/mol. The van der Waals surface area contributed by atoms with Crippen LogP contribution in [-0.2, 0) is 0 Å². The Bertz CT molecular complexity index is 863. The summed E-state index contributed by atoms with van der Waals surface area (Å²) in [5.41, 5.74) is 3.83. The van der Waals surface area contributed by atoms with E-state index in [2.05, 4.69) is 0 Å². The number of methoxy groups -OCH3 is 1. The second-order valence-electron chi connectivity index (χ2n) is 7.15. The lowest BCUT2D eigenvalue weighted by Crippen LogP contribution is -2.34. The fourth-order valence-corrected chi connectivity index (χ4v) is 4.21. The van der Waals surface area contributed by atoms with Gasteiger partial charge < -0.3 is 14.6 Å².